The summed E-state index contributed by atoms with van der Waals surface area (Å²) in [6, 6.07) is 14.2. The second-order valence-electron chi connectivity index (χ2n) is 5.56. The molecule has 0 amide bonds. The van der Waals surface area contributed by atoms with Gasteiger partial charge < -0.3 is 14.2 Å². The molecule has 0 saturated heterocycles. The van der Waals surface area contributed by atoms with Crippen molar-refractivity contribution in [2.24, 2.45) is 0 Å². The lowest BCUT2D eigenvalue weighted by atomic mass is 10.2. The van der Waals surface area contributed by atoms with Gasteiger partial charge in [0.2, 0.25) is 5.88 Å². The van der Waals surface area contributed by atoms with Gasteiger partial charge in [-0.2, -0.15) is 0 Å². The minimum atomic E-state index is -0.507. The molecular weight excluding hydrogens is 469 g/mol. The van der Waals surface area contributed by atoms with Gasteiger partial charge in [0.1, 0.15) is 11.6 Å². The Kier molecular flexibility index (Phi) is 6.78. The summed E-state index contributed by atoms with van der Waals surface area (Å²) in [5.74, 6) is 0.188. The SMILES string of the molecule is COC(=O)c1ccnc(Oc2c(Cl)cc(Br)c(OCc3ccccc3)c2Cl)c1. The number of carbonyl (C=O) groups is 1. The van der Waals surface area contributed by atoms with E-state index in [-0.39, 0.29) is 27.2 Å². The van der Waals surface area contributed by atoms with Crippen molar-refractivity contribution in [2.45, 2.75) is 6.61 Å². The molecule has 0 saturated carbocycles. The van der Waals surface area contributed by atoms with Crippen LogP contribution in [-0.2, 0) is 11.3 Å². The van der Waals surface area contributed by atoms with E-state index in [0.717, 1.165) is 5.56 Å². The number of hydrogen-bond donors (Lipinski definition) is 0. The molecule has 2 aromatic carbocycles. The fourth-order valence-electron chi connectivity index (χ4n) is 2.33. The number of pyridine rings is 1. The van der Waals surface area contributed by atoms with E-state index in [1.165, 1.54) is 25.4 Å². The molecule has 5 nitrogen and oxygen atoms in total. The van der Waals surface area contributed by atoms with Crippen LogP contribution in [0.15, 0.2) is 59.2 Å². The van der Waals surface area contributed by atoms with Crippen LogP contribution in [0.3, 0.4) is 0 Å². The second-order valence-corrected chi connectivity index (χ2v) is 7.20. The number of ether oxygens (including phenoxy) is 3. The number of aromatic nitrogens is 1. The molecule has 0 fully saturated rings. The summed E-state index contributed by atoms with van der Waals surface area (Å²) in [5.41, 5.74) is 1.27. The summed E-state index contributed by atoms with van der Waals surface area (Å²) in [4.78, 5) is 15.8. The number of rotatable bonds is 6. The van der Waals surface area contributed by atoms with Gasteiger partial charge in [-0.25, -0.2) is 9.78 Å². The highest BCUT2D eigenvalue weighted by Gasteiger charge is 2.19. The van der Waals surface area contributed by atoms with E-state index in [1.54, 1.807) is 6.07 Å². The average molecular weight is 483 g/mol. The zero-order chi connectivity index (χ0) is 20.1. The smallest absolute Gasteiger partial charge is 0.338 e. The first-order chi connectivity index (χ1) is 13.5. The van der Waals surface area contributed by atoms with Crippen molar-refractivity contribution in [1.82, 2.24) is 4.98 Å². The lowest BCUT2D eigenvalue weighted by molar-refractivity contribution is 0.0600. The molecule has 0 spiro atoms. The maximum Gasteiger partial charge on any atom is 0.338 e. The number of nitrogens with zero attached hydrogens (tertiary/aromatic N) is 1. The molecule has 3 aromatic rings. The van der Waals surface area contributed by atoms with Gasteiger partial charge in [0.15, 0.2) is 11.5 Å². The molecule has 0 aliphatic rings. The maximum absolute atomic E-state index is 11.7. The van der Waals surface area contributed by atoms with Gasteiger partial charge in [0.05, 0.1) is 22.2 Å². The standard InChI is InChI=1S/C20H14BrCl2NO4/c1-26-20(25)13-7-8-24-16(9-13)28-19-15(22)10-14(21)18(17(19)23)27-11-12-5-3-2-4-6-12/h2-10H,11H2,1H3. The molecule has 1 heterocycles. The highest BCUT2D eigenvalue weighted by molar-refractivity contribution is 9.10. The van der Waals surface area contributed by atoms with Crippen LogP contribution in [0.25, 0.3) is 0 Å². The summed E-state index contributed by atoms with van der Waals surface area (Å²) in [6.07, 6.45) is 1.43. The Morgan fingerprint density at radius 1 is 1.11 bits per heavy atom. The first-order valence-electron chi connectivity index (χ1n) is 8.06. The van der Waals surface area contributed by atoms with E-state index in [1.807, 2.05) is 30.3 Å². The summed E-state index contributed by atoms with van der Waals surface area (Å²) in [6.45, 7) is 0.316. The molecular formula is C20H14BrCl2NO4. The quantitative estimate of drug-likeness (QED) is 0.385. The Hall–Kier alpha value is -2.28. The molecule has 0 aliphatic heterocycles. The Morgan fingerprint density at radius 2 is 1.86 bits per heavy atom. The molecule has 8 heteroatoms. The van der Waals surface area contributed by atoms with Crippen LogP contribution >= 0.6 is 39.1 Å². The molecule has 144 valence electrons. The highest BCUT2D eigenvalue weighted by atomic mass is 79.9. The third-order valence-electron chi connectivity index (χ3n) is 3.67. The van der Waals surface area contributed by atoms with Crippen LogP contribution in [0.5, 0.6) is 17.4 Å². The third kappa shape index (κ3) is 4.76. The van der Waals surface area contributed by atoms with Crippen LogP contribution in [0.4, 0.5) is 0 Å². The zero-order valence-corrected chi connectivity index (χ0v) is 17.7. The predicted molar refractivity (Wildman–Crippen MR) is 111 cm³/mol. The van der Waals surface area contributed by atoms with Crippen molar-refractivity contribution >= 4 is 45.1 Å². The fraction of sp³-hybridized carbons (Fsp3) is 0.100. The molecule has 0 bridgehead atoms. The summed E-state index contributed by atoms with van der Waals surface area (Å²) >= 11 is 16.2. The molecule has 28 heavy (non-hydrogen) atoms. The van der Waals surface area contributed by atoms with Crippen molar-refractivity contribution < 1.29 is 19.0 Å². The minimum absolute atomic E-state index is 0.142. The summed E-state index contributed by atoms with van der Waals surface area (Å²) < 4.78 is 16.9. The van der Waals surface area contributed by atoms with E-state index < -0.39 is 5.97 Å². The largest absolute Gasteiger partial charge is 0.486 e. The molecule has 0 N–H and O–H groups in total. The van der Waals surface area contributed by atoms with Crippen molar-refractivity contribution in [1.29, 1.82) is 0 Å². The van der Waals surface area contributed by atoms with Crippen LogP contribution in [-0.4, -0.2) is 18.1 Å². The number of methoxy groups -OCH3 is 1. The molecule has 0 radical (unpaired) electrons. The van der Waals surface area contributed by atoms with Gasteiger partial charge >= 0.3 is 5.97 Å². The summed E-state index contributed by atoms with van der Waals surface area (Å²) in [7, 11) is 1.29. The van der Waals surface area contributed by atoms with Crippen molar-refractivity contribution in [3.63, 3.8) is 0 Å². The number of halogens is 3. The van der Waals surface area contributed by atoms with Crippen molar-refractivity contribution in [3.05, 3.63) is 80.4 Å². The second kappa shape index (κ2) is 9.28. The van der Waals surface area contributed by atoms with Crippen LogP contribution in [0.1, 0.15) is 15.9 Å². The van der Waals surface area contributed by atoms with Gasteiger partial charge in [-0.3, -0.25) is 0 Å². The van der Waals surface area contributed by atoms with Crippen molar-refractivity contribution in [3.8, 4) is 17.4 Å². The minimum Gasteiger partial charge on any atom is -0.486 e. The van der Waals surface area contributed by atoms with Gasteiger partial charge in [0, 0.05) is 12.3 Å². The van der Waals surface area contributed by atoms with E-state index in [4.69, 9.17) is 37.4 Å². The highest BCUT2D eigenvalue weighted by Crippen LogP contribution is 2.46. The number of hydrogen-bond acceptors (Lipinski definition) is 5. The predicted octanol–water partition coefficient (Wildman–Crippen LogP) is 6.31. The first-order valence-corrected chi connectivity index (χ1v) is 9.61. The fourth-order valence-corrected chi connectivity index (χ4v) is 3.70. The number of esters is 1. The van der Waals surface area contributed by atoms with Gasteiger partial charge in [-0.05, 0) is 33.6 Å². The monoisotopic (exact) mass is 481 g/mol. The van der Waals surface area contributed by atoms with Crippen molar-refractivity contribution in [2.75, 3.05) is 7.11 Å². The van der Waals surface area contributed by atoms with E-state index in [0.29, 0.717) is 16.8 Å². The normalized spacial score (nSPS) is 10.4. The lowest BCUT2D eigenvalue weighted by Gasteiger charge is -2.15. The molecule has 0 unspecified atom stereocenters. The molecule has 3 rings (SSSR count). The van der Waals surface area contributed by atoms with Gasteiger partial charge in [-0.15, -0.1) is 0 Å². The lowest BCUT2D eigenvalue weighted by Crippen LogP contribution is -2.02. The Bertz CT molecular complexity index is 999. The number of benzene rings is 2. The average Bonchev–Trinajstić information content (AvgIpc) is 2.71. The maximum atomic E-state index is 11.7. The Balaban J connectivity index is 1.88. The molecule has 1 aromatic heterocycles. The first kappa shape index (κ1) is 20.5. The molecule has 0 atom stereocenters. The van der Waals surface area contributed by atoms with Gasteiger partial charge in [0.25, 0.3) is 0 Å². The van der Waals surface area contributed by atoms with E-state index in [9.17, 15) is 4.79 Å². The Labute approximate surface area is 180 Å². The molecule has 0 aliphatic carbocycles. The zero-order valence-electron chi connectivity index (χ0n) is 14.6. The topological polar surface area (TPSA) is 57.7 Å². The van der Waals surface area contributed by atoms with Crippen LogP contribution in [0, 0.1) is 0 Å². The van der Waals surface area contributed by atoms with Crippen LogP contribution in [0.2, 0.25) is 10.0 Å². The van der Waals surface area contributed by atoms with E-state index in [2.05, 4.69) is 20.9 Å². The number of carbonyl (C=O) groups excluding carboxylic acids is 1. The Morgan fingerprint density at radius 3 is 2.57 bits per heavy atom. The third-order valence-corrected chi connectivity index (χ3v) is 4.89. The van der Waals surface area contributed by atoms with E-state index >= 15 is 0 Å². The van der Waals surface area contributed by atoms with Crippen LogP contribution < -0.4 is 9.47 Å². The van der Waals surface area contributed by atoms with Gasteiger partial charge in [-0.1, -0.05) is 53.5 Å². The summed E-state index contributed by atoms with van der Waals surface area (Å²) in [5, 5.41) is 0.440.